The van der Waals surface area contributed by atoms with Crippen molar-refractivity contribution in [3.05, 3.63) is 23.1 Å². The lowest BCUT2D eigenvalue weighted by Gasteiger charge is -1.97. The van der Waals surface area contributed by atoms with Crippen LogP contribution in [0.3, 0.4) is 0 Å². The van der Waals surface area contributed by atoms with Crippen molar-refractivity contribution in [3.63, 3.8) is 0 Å². The Hall–Kier alpha value is -1.13. The van der Waals surface area contributed by atoms with Crippen LogP contribution < -0.4 is 11.1 Å². The molecule has 70 valence electrons. The van der Waals surface area contributed by atoms with E-state index >= 15 is 0 Å². The van der Waals surface area contributed by atoms with Gasteiger partial charge in [-0.3, -0.25) is 0 Å². The molecule has 1 aromatic rings. The molecule has 1 heterocycles. The van der Waals surface area contributed by atoms with Gasteiger partial charge in [-0.25, -0.2) is 9.97 Å². The lowest BCUT2D eigenvalue weighted by Crippen LogP contribution is -2.04. The van der Waals surface area contributed by atoms with Gasteiger partial charge in [0.1, 0.15) is 10.8 Å². The lowest BCUT2D eigenvalue weighted by molar-refractivity contribution is 0.922. The molecule has 5 heteroatoms. The van der Waals surface area contributed by atoms with E-state index in [0.29, 0.717) is 16.7 Å². The van der Waals surface area contributed by atoms with Gasteiger partial charge in [0.25, 0.3) is 0 Å². The second kappa shape index (κ2) is 4.79. The maximum Gasteiger partial charge on any atom is 0.151 e. The minimum absolute atomic E-state index is 0.309. The zero-order valence-corrected chi connectivity index (χ0v) is 8.04. The molecule has 3 N–H and O–H groups in total. The van der Waals surface area contributed by atoms with Crippen LogP contribution in [-0.4, -0.2) is 23.6 Å². The normalized spacial score (nSPS) is 10.9. The Kier molecular flexibility index (Phi) is 3.67. The summed E-state index contributed by atoms with van der Waals surface area (Å²) < 4.78 is 0. The predicted molar refractivity (Wildman–Crippen MR) is 54.4 cm³/mol. The van der Waals surface area contributed by atoms with E-state index in [1.165, 1.54) is 6.20 Å². The van der Waals surface area contributed by atoms with Crippen molar-refractivity contribution in [2.45, 2.75) is 0 Å². The first-order chi connectivity index (χ1) is 6.24. The third kappa shape index (κ3) is 3.01. The monoisotopic (exact) mass is 198 g/mol. The highest BCUT2D eigenvalue weighted by Crippen LogP contribution is 2.10. The molecule has 0 unspecified atom stereocenters. The smallest absolute Gasteiger partial charge is 0.151 e. The van der Waals surface area contributed by atoms with Gasteiger partial charge in [0.05, 0.1) is 6.20 Å². The number of nitrogens with zero attached hydrogens (tertiary/aromatic N) is 2. The number of likely N-dealkylation sites (N-methyl/N-ethyl adjacent to an activating group) is 1. The van der Waals surface area contributed by atoms with E-state index in [0.717, 1.165) is 6.54 Å². The number of nitrogen functional groups attached to an aromatic ring is 1. The van der Waals surface area contributed by atoms with Crippen LogP contribution in [0.15, 0.2) is 12.3 Å². The molecule has 0 radical (unpaired) electrons. The summed E-state index contributed by atoms with van der Waals surface area (Å²) in [5.41, 5.74) is 6.21. The molecule has 0 aliphatic carbocycles. The van der Waals surface area contributed by atoms with E-state index in [4.69, 9.17) is 17.3 Å². The zero-order valence-electron chi connectivity index (χ0n) is 7.29. The Morgan fingerprint density at radius 2 is 2.46 bits per heavy atom. The molecule has 4 nitrogen and oxygen atoms in total. The average Bonchev–Trinajstić information content (AvgIpc) is 2.09. The van der Waals surface area contributed by atoms with Crippen molar-refractivity contribution in [3.8, 4) is 0 Å². The molecule has 1 aromatic heterocycles. The van der Waals surface area contributed by atoms with Gasteiger partial charge in [0.15, 0.2) is 5.82 Å². The first kappa shape index (κ1) is 9.95. The zero-order chi connectivity index (χ0) is 9.68. The van der Waals surface area contributed by atoms with Crippen LogP contribution >= 0.6 is 11.6 Å². The number of anilines is 1. The molecule has 0 aliphatic rings. The Bertz CT molecular complexity index is 311. The van der Waals surface area contributed by atoms with E-state index < -0.39 is 0 Å². The number of nitrogens with one attached hydrogen (secondary N) is 1. The van der Waals surface area contributed by atoms with Crippen LogP contribution in [0.1, 0.15) is 5.69 Å². The van der Waals surface area contributed by atoms with Gasteiger partial charge in [-0.15, -0.1) is 0 Å². The lowest BCUT2D eigenvalue weighted by atomic mass is 10.3. The third-order valence-corrected chi connectivity index (χ3v) is 1.58. The van der Waals surface area contributed by atoms with Crippen molar-refractivity contribution >= 4 is 23.5 Å². The number of aromatic nitrogens is 2. The number of hydrogen-bond acceptors (Lipinski definition) is 4. The van der Waals surface area contributed by atoms with Crippen LogP contribution in [0.4, 0.5) is 5.82 Å². The van der Waals surface area contributed by atoms with Crippen molar-refractivity contribution in [1.82, 2.24) is 15.3 Å². The summed E-state index contributed by atoms with van der Waals surface area (Å²) in [6, 6.07) is 0. The van der Waals surface area contributed by atoms with E-state index in [2.05, 4.69) is 15.3 Å². The van der Waals surface area contributed by atoms with E-state index in [9.17, 15) is 0 Å². The summed E-state index contributed by atoms with van der Waals surface area (Å²) in [4.78, 5) is 7.88. The van der Waals surface area contributed by atoms with E-state index in [-0.39, 0.29) is 0 Å². The minimum atomic E-state index is 0.309. The maximum atomic E-state index is 5.59. The van der Waals surface area contributed by atoms with Crippen molar-refractivity contribution in [2.24, 2.45) is 0 Å². The Balaban J connectivity index is 2.77. The summed E-state index contributed by atoms with van der Waals surface area (Å²) in [6.45, 7) is 0.768. The molecular formula is C8H11ClN4. The average molecular weight is 199 g/mol. The Morgan fingerprint density at radius 1 is 1.69 bits per heavy atom. The summed E-state index contributed by atoms with van der Waals surface area (Å²) in [5, 5.41) is 3.28. The van der Waals surface area contributed by atoms with Gasteiger partial charge in [0, 0.05) is 6.54 Å². The van der Waals surface area contributed by atoms with Crippen LogP contribution in [0.5, 0.6) is 0 Å². The van der Waals surface area contributed by atoms with Gasteiger partial charge in [-0.1, -0.05) is 17.7 Å². The maximum absolute atomic E-state index is 5.59. The molecule has 0 bridgehead atoms. The topological polar surface area (TPSA) is 63.8 Å². The van der Waals surface area contributed by atoms with Crippen LogP contribution in [0.2, 0.25) is 5.15 Å². The molecule has 0 fully saturated rings. The summed E-state index contributed by atoms with van der Waals surface area (Å²) >= 11 is 5.59. The molecule has 0 amide bonds. The highest BCUT2D eigenvalue weighted by molar-refractivity contribution is 6.29. The van der Waals surface area contributed by atoms with E-state index in [1.54, 1.807) is 6.08 Å². The highest BCUT2D eigenvalue weighted by Gasteiger charge is 1.98. The molecule has 13 heavy (non-hydrogen) atoms. The van der Waals surface area contributed by atoms with Gasteiger partial charge < -0.3 is 11.1 Å². The SMILES string of the molecule is CNCC=Cc1ncc(Cl)nc1N. The molecule has 0 saturated carbocycles. The summed E-state index contributed by atoms with van der Waals surface area (Å²) in [7, 11) is 1.86. The molecule has 0 atom stereocenters. The Morgan fingerprint density at radius 3 is 3.08 bits per heavy atom. The van der Waals surface area contributed by atoms with Gasteiger partial charge >= 0.3 is 0 Å². The van der Waals surface area contributed by atoms with Gasteiger partial charge in [-0.2, -0.15) is 0 Å². The molecule has 1 rings (SSSR count). The minimum Gasteiger partial charge on any atom is -0.382 e. The predicted octanol–water partition coefficient (Wildman–Crippen LogP) is 0.945. The number of nitrogens with two attached hydrogens (primary N) is 1. The third-order valence-electron chi connectivity index (χ3n) is 1.40. The van der Waals surface area contributed by atoms with Gasteiger partial charge in [-0.05, 0) is 13.1 Å². The Labute approximate surface area is 81.8 Å². The first-order valence-electron chi connectivity index (χ1n) is 3.83. The highest BCUT2D eigenvalue weighted by atomic mass is 35.5. The fourth-order valence-electron chi connectivity index (χ4n) is 0.807. The van der Waals surface area contributed by atoms with Crippen molar-refractivity contribution < 1.29 is 0 Å². The fraction of sp³-hybridized carbons (Fsp3) is 0.250. The largest absolute Gasteiger partial charge is 0.382 e. The standard InChI is InChI=1S/C8H11ClN4/c1-11-4-2-3-6-8(10)13-7(9)5-12-6/h2-3,5,11H,4H2,1H3,(H2,10,13). The van der Waals surface area contributed by atoms with Crippen molar-refractivity contribution in [1.29, 1.82) is 0 Å². The van der Waals surface area contributed by atoms with Crippen LogP contribution in [0, 0.1) is 0 Å². The quantitative estimate of drug-likeness (QED) is 0.759. The first-order valence-corrected chi connectivity index (χ1v) is 4.21. The molecular weight excluding hydrogens is 188 g/mol. The summed E-state index contributed by atoms with van der Waals surface area (Å²) in [6.07, 6.45) is 5.18. The molecule has 0 saturated heterocycles. The molecule has 0 spiro atoms. The number of halogens is 1. The van der Waals surface area contributed by atoms with Crippen LogP contribution in [-0.2, 0) is 0 Å². The summed E-state index contributed by atoms with van der Waals surface area (Å²) in [5.74, 6) is 0.347. The number of hydrogen-bond donors (Lipinski definition) is 2. The number of rotatable bonds is 3. The van der Waals surface area contributed by atoms with E-state index in [1.807, 2.05) is 13.1 Å². The van der Waals surface area contributed by atoms with Crippen LogP contribution in [0.25, 0.3) is 6.08 Å². The second-order valence-corrected chi connectivity index (χ2v) is 2.81. The molecule has 0 aliphatic heterocycles. The molecule has 0 aromatic carbocycles. The van der Waals surface area contributed by atoms with Gasteiger partial charge in [0.2, 0.25) is 0 Å². The fourth-order valence-corrected chi connectivity index (χ4v) is 0.947. The van der Waals surface area contributed by atoms with Crippen molar-refractivity contribution in [2.75, 3.05) is 19.3 Å². The second-order valence-electron chi connectivity index (χ2n) is 2.42.